The van der Waals surface area contributed by atoms with Crippen molar-refractivity contribution >= 4 is 15.9 Å². The molecule has 0 aliphatic carbocycles. The summed E-state index contributed by atoms with van der Waals surface area (Å²) in [5.41, 5.74) is -0.257. The van der Waals surface area contributed by atoms with Gasteiger partial charge >= 0.3 is 6.18 Å². The summed E-state index contributed by atoms with van der Waals surface area (Å²) < 4.78 is 64.0. The monoisotopic (exact) mass is 386 g/mol. The molecule has 0 spiro atoms. The second-order valence-electron chi connectivity index (χ2n) is 5.51. The topological polar surface area (TPSA) is 75.3 Å². The lowest BCUT2D eigenvalue weighted by atomic mass is 10.1. The fourth-order valence-corrected chi connectivity index (χ4v) is 3.03. The van der Waals surface area contributed by atoms with Gasteiger partial charge < -0.3 is 5.32 Å². The molecule has 140 valence electrons. The van der Waals surface area contributed by atoms with E-state index in [0.29, 0.717) is 11.1 Å². The van der Waals surface area contributed by atoms with E-state index in [1.807, 2.05) is 0 Å². The fraction of sp³-hybridized carbons (Fsp3) is 0.235. The number of hydrogen-bond acceptors (Lipinski definition) is 3. The van der Waals surface area contributed by atoms with Crippen molar-refractivity contribution in [2.75, 3.05) is 7.05 Å². The first-order valence-corrected chi connectivity index (χ1v) is 9.21. The van der Waals surface area contributed by atoms with Gasteiger partial charge in [-0.3, -0.25) is 4.79 Å². The van der Waals surface area contributed by atoms with Crippen molar-refractivity contribution in [2.45, 2.75) is 18.5 Å². The van der Waals surface area contributed by atoms with Crippen LogP contribution in [0.4, 0.5) is 13.2 Å². The third kappa shape index (κ3) is 5.30. The number of amides is 1. The van der Waals surface area contributed by atoms with E-state index in [9.17, 15) is 26.4 Å². The number of carbonyl (C=O) groups excluding carboxylic acids is 1. The van der Waals surface area contributed by atoms with Crippen LogP contribution in [0.15, 0.2) is 48.5 Å². The summed E-state index contributed by atoms with van der Waals surface area (Å²) in [5.74, 6) is -1.02. The Labute approximate surface area is 149 Å². The molecule has 0 unspecified atom stereocenters. The Hall–Kier alpha value is -2.39. The molecular weight excluding hydrogens is 369 g/mol. The number of nitrogens with one attached hydrogen (secondary N) is 2. The van der Waals surface area contributed by atoms with E-state index in [1.165, 1.54) is 19.2 Å². The average Bonchev–Trinajstić information content (AvgIpc) is 2.60. The highest BCUT2D eigenvalue weighted by Gasteiger charge is 2.34. The average molecular weight is 386 g/mol. The van der Waals surface area contributed by atoms with Crippen LogP contribution in [0.1, 0.15) is 27.0 Å². The molecule has 0 atom stereocenters. The standard InChI is InChI=1S/C17H17F3N2O3S/c1-21-26(24,25)11-13-8-6-12(7-9-13)10-22-16(23)14-4-2-3-5-15(14)17(18,19)20/h2-9,21H,10-11H2,1H3,(H,22,23). The first-order valence-electron chi connectivity index (χ1n) is 7.56. The van der Waals surface area contributed by atoms with Gasteiger partial charge in [0.2, 0.25) is 10.0 Å². The fourth-order valence-electron chi connectivity index (χ4n) is 2.25. The first-order chi connectivity index (χ1) is 12.1. The molecule has 9 heteroatoms. The first kappa shape index (κ1) is 19.9. The van der Waals surface area contributed by atoms with Crippen molar-refractivity contribution in [2.24, 2.45) is 0 Å². The number of halogens is 3. The third-order valence-electron chi connectivity index (χ3n) is 3.62. The summed E-state index contributed by atoms with van der Waals surface area (Å²) in [5, 5.41) is 2.44. The van der Waals surface area contributed by atoms with E-state index in [0.717, 1.165) is 12.1 Å². The van der Waals surface area contributed by atoms with Gasteiger partial charge in [-0.1, -0.05) is 36.4 Å². The Balaban J connectivity index is 2.05. The van der Waals surface area contributed by atoms with Gasteiger partial charge in [-0.25, -0.2) is 13.1 Å². The van der Waals surface area contributed by atoms with Gasteiger partial charge in [-0.05, 0) is 30.3 Å². The Morgan fingerprint density at radius 2 is 1.58 bits per heavy atom. The number of hydrogen-bond donors (Lipinski definition) is 2. The SMILES string of the molecule is CNS(=O)(=O)Cc1ccc(CNC(=O)c2ccccc2C(F)(F)F)cc1. The van der Waals surface area contributed by atoms with Gasteiger partial charge in [-0.15, -0.1) is 0 Å². The van der Waals surface area contributed by atoms with E-state index in [1.54, 1.807) is 24.3 Å². The van der Waals surface area contributed by atoms with E-state index >= 15 is 0 Å². The molecule has 0 saturated heterocycles. The number of alkyl halides is 3. The zero-order chi connectivity index (χ0) is 19.4. The maximum absolute atomic E-state index is 12.9. The summed E-state index contributed by atoms with van der Waals surface area (Å²) in [6.07, 6.45) is -4.62. The molecule has 0 radical (unpaired) electrons. The minimum Gasteiger partial charge on any atom is -0.348 e. The summed E-state index contributed by atoms with van der Waals surface area (Å²) in [6, 6.07) is 10.9. The summed E-state index contributed by atoms with van der Waals surface area (Å²) >= 11 is 0. The zero-order valence-electron chi connectivity index (χ0n) is 13.8. The maximum Gasteiger partial charge on any atom is 0.417 e. The predicted octanol–water partition coefficient (Wildman–Crippen LogP) is 2.68. The van der Waals surface area contributed by atoms with Crippen molar-refractivity contribution in [3.8, 4) is 0 Å². The van der Waals surface area contributed by atoms with Crippen molar-refractivity contribution < 1.29 is 26.4 Å². The highest BCUT2D eigenvalue weighted by molar-refractivity contribution is 7.88. The molecule has 0 bridgehead atoms. The maximum atomic E-state index is 12.9. The highest BCUT2D eigenvalue weighted by Crippen LogP contribution is 2.31. The molecule has 26 heavy (non-hydrogen) atoms. The minimum atomic E-state index is -4.62. The Kier molecular flexibility index (Phi) is 6.04. The lowest BCUT2D eigenvalue weighted by Gasteiger charge is -2.12. The molecule has 2 rings (SSSR count). The minimum absolute atomic E-state index is 0.0179. The van der Waals surface area contributed by atoms with Gasteiger partial charge in [0.1, 0.15) is 0 Å². The summed E-state index contributed by atoms with van der Waals surface area (Å²) in [6.45, 7) is 0.0179. The predicted molar refractivity (Wildman–Crippen MR) is 90.7 cm³/mol. The third-order valence-corrected chi connectivity index (χ3v) is 4.96. The largest absolute Gasteiger partial charge is 0.417 e. The molecule has 0 saturated carbocycles. The van der Waals surface area contributed by atoms with Gasteiger partial charge in [0.15, 0.2) is 0 Å². The quantitative estimate of drug-likeness (QED) is 0.802. The molecule has 2 aromatic rings. The van der Waals surface area contributed by atoms with E-state index in [4.69, 9.17) is 0 Å². The van der Waals surface area contributed by atoms with Crippen molar-refractivity contribution in [1.29, 1.82) is 0 Å². The smallest absolute Gasteiger partial charge is 0.348 e. The highest BCUT2D eigenvalue weighted by atomic mass is 32.2. The van der Waals surface area contributed by atoms with Gasteiger partial charge in [0, 0.05) is 6.54 Å². The molecular formula is C17H17F3N2O3S. The Bertz CT molecular complexity index is 879. The van der Waals surface area contributed by atoms with E-state index < -0.39 is 33.2 Å². The van der Waals surface area contributed by atoms with E-state index in [-0.39, 0.29) is 12.3 Å². The summed E-state index contributed by atoms with van der Waals surface area (Å²) in [4.78, 5) is 12.1. The number of sulfonamides is 1. The Morgan fingerprint density at radius 1 is 1.00 bits per heavy atom. The second kappa shape index (κ2) is 7.88. The van der Waals surface area contributed by atoms with Crippen LogP contribution >= 0.6 is 0 Å². The molecule has 0 aromatic heterocycles. The number of rotatable bonds is 6. The lowest BCUT2D eigenvalue weighted by Crippen LogP contribution is -2.25. The van der Waals surface area contributed by atoms with Gasteiger partial charge in [0.25, 0.3) is 5.91 Å². The van der Waals surface area contributed by atoms with Crippen LogP contribution in [-0.4, -0.2) is 21.4 Å². The normalized spacial score (nSPS) is 12.0. The number of benzene rings is 2. The van der Waals surface area contributed by atoms with Gasteiger partial charge in [0.05, 0.1) is 16.9 Å². The lowest BCUT2D eigenvalue weighted by molar-refractivity contribution is -0.137. The molecule has 1 amide bonds. The zero-order valence-corrected chi connectivity index (χ0v) is 14.6. The van der Waals surface area contributed by atoms with Crippen LogP contribution in [0.25, 0.3) is 0 Å². The molecule has 2 N–H and O–H groups in total. The van der Waals surface area contributed by atoms with E-state index in [2.05, 4.69) is 10.0 Å². The van der Waals surface area contributed by atoms with Crippen LogP contribution in [0.2, 0.25) is 0 Å². The van der Waals surface area contributed by atoms with Gasteiger partial charge in [-0.2, -0.15) is 13.2 Å². The molecule has 5 nitrogen and oxygen atoms in total. The van der Waals surface area contributed by atoms with Crippen LogP contribution in [-0.2, 0) is 28.5 Å². The van der Waals surface area contributed by atoms with Crippen LogP contribution in [0, 0.1) is 0 Å². The number of carbonyl (C=O) groups is 1. The van der Waals surface area contributed by atoms with Crippen LogP contribution < -0.4 is 10.0 Å². The van der Waals surface area contributed by atoms with Crippen molar-refractivity contribution in [3.63, 3.8) is 0 Å². The Morgan fingerprint density at radius 3 is 2.15 bits per heavy atom. The molecule has 0 aliphatic heterocycles. The molecule has 0 fully saturated rings. The molecule has 2 aromatic carbocycles. The van der Waals surface area contributed by atoms with Crippen LogP contribution in [0.3, 0.4) is 0 Å². The summed E-state index contributed by atoms with van der Waals surface area (Å²) in [7, 11) is -2.07. The molecule has 0 aliphatic rings. The second-order valence-corrected chi connectivity index (χ2v) is 7.43. The van der Waals surface area contributed by atoms with Crippen molar-refractivity contribution in [3.05, 3.63) is 70.8 Å². The molecule has 0 heterocycles. The van der Waals surface area contributed by atoms with Crippen molar-refractivity contribution in [1.82, 2.24) is 10.0 Å². The van der Waals surface area contributed by atoms with Crippen LogP contribution in [0.5, 0.6) is 0 Å².